The number of rotatable bonds is 8. The summed E-state index contributed by atoms with van der Waals surface area (Å²) in [5, 5.41) is 0. The lowest BCUT2D eigenvalue weighted by atomic mass is 9.95. The van der Waals surface area contributed by atoms with Gasteiger partial charge in [-0.2, -0.15) is 0 Å². The molecule has 0 unspecified atom stereocenters. The Balaban J connectivity index is 2.90. The Morgan fingerprint density at radius 2 is 1.18 bits per heavy atom. The van der Waals surface area contributed by atoms with Crippen LogP contribution in [0.2, 0.25) is 0 Å². The average Bonchev–Trinajstić information content (AvgIpc) is 2.46. The average molecular weight is 326 g/mol. The van der Waals surface area contributed by atoms with Crippen LogP contribution in [-0.2, 0) is 10.0 Å². The molecule has 0 aliphatic heterocycles. The third kappa shape index (κ3) is 4.32. The second kappa shape index (κ2) is 8.11. The van der Waals surface area contributed by atoms with Crippen LogP contribution in [0.1, 0.15) is 66.8 Å². The molecule has 3 nitrogen and oxygen atoms in total. The molecule has 0 fully saturated rings. The van der Waals surface area contributed by atoms with Crippen molar-refractivity contribution in [2.24, 2.45) is 0 Å². The van der Waals surface area contributed by atoms with Crippen LogP contribution in [-0.4, -0.2) is 15.0 Å². The molecule has 0 aliphatic carbocycles. The zero-order valence-electron chi connectivity index (χ0n) is 15.0. The van der Waals surface area contributed by atoms with Gasteiger partial charge in [-0.1, -0.05) is 32.6 Å². The van der Waals surface area contributed by atoms with Gasteiger partial charge in [0, 0.05) is 6.54 Å². The summed E-state index contributed by atoms with van der Waals surface area (Å²) in [5.74, 6) is 0. The molecular weight excluding hydrogens is 294 g/mol. The minimum absolute atomic E-state index is 0.474. The van der Waals surface area contributed by atoms with Crippen molar-refractivity contribution in [1.82, 2.24) is 4.72 Å². The van der Waals surface area contributed by atoms with Crippen molar-refractivity contribution in [3.05, 3.63) is 27.8 Å². The first kappa shape index (κ1) is 19.2. The van der Waals surface area contributed by atoms with E-state index in [4.69, 9.17) is 0 Å². The summed E-state index contributed by atoms with van der Waals surface area (Å²) >= 11 is 0. The Morgan fingerprint density at radius 1 is 0.727 bits per heavy atom. The second-order valence-corrected chi connectivity index (χ2v) is 7.97. The van der Waals surface area contributed by atoms with Crippen LogP contribution in [0.3, 0.4) is 0 Å². The summed E-state index contributed by atoms with van der Waals surface area (Å²) in [4.78, 5) is 0.474. The van der Waals surface area contributed by atoms with Gasteiger partial charge in [-0.25, -0.2) is 13.1 Å². The Kier molecular flexibility index (Phi) is 7.07. The van der Waals surface area contributed by atoms with Gasteiger partial charge in [-0.15, -0.1) is 0 Å². The van der Waals surface area contributed by atoms with Crippen molar-refractivity contribution in [3.8, 4) is 0 Å². The highest BCUT2D eigenvalue weighted by Crippen LogP contribution is 2.29. The van der Waals surface area contributed by atoms with Gasteiger partial charge in [0.2, 0.25) is 10.0 Å². The molecule has 1 N–H and O–H groups in total. The number of hydrogen-bond acceptors (Lipinski definition) is 2. The molecule has 22 heavy (non-hydrogen) atoms. The molecule has 0 spiro atoms. The zero-order chi connectivity index (χ0) is 16.9. The lowest BCUT2D eigenvalue weighted by Crippen LogP contribution is -2.27. The normalized spacial score (nSPS) is 11.9. The number of unbranched alkanes of at least 4 members (excludes halogenated alkanes) is 4. The fourth-order valence-corrected chi connectivity index (χ4v) is 4.55. The maximum atomic E-state index is 12.7. The summed E-state index contributed by atoms with van der Waals surface area (Å²) in [7, 11) is -3.43. The molecular formula is C18H31NO2S. The van der Waals surface area contributed by atoms with Gasteiger partial charge >= 0.3 is 0 Å². The zero-order valence-corrected chi connectivity index (χ0v) is 15.8. The Morgan fingerprint density at radius 3 is 1.68 bits per heavy atom. The Hall–Kier alpha value is -0.870. The molecule has 126 valence electrons. The molecule has 0 aromatic heterocycles. The summed E-state index contributed by atoms with van der Waals surface area (Å²) in [6, 6.07) is 0. The van der Waals surface area contributed by atoms with Gasteiger partial charge in [0.15, 0.2) is 0 Å². The predicted octanol–water partition coefficient (Wildman–Crippen LogP) is 4.48. The van der Waals surface area contributed by atoms with Crippen molar-refractivity contribution in [2.75, 3.05) is 6.54 Å². The molecule has 0 radical (unpaired) electrons. The Bertz CT molecular complexity index is 589. The van der Waals surface area contributed by atoms with Crippen LogP contribution in [0, 0.1) is 34.6 Å². The maximum Gasteiger partial charge on any atom is 0.241 e. The lowest BCUT2D eigenvalue weighted by molar-refractivity contribution is 0.569. The maximum absolute atomic E-state index is 12.7. The molecule has 4 heteroatoms. The summed E-state index contributed by atoms with van der Waals surface area (Å²) in [5.41, 5.74) is 5.09. The van der Waals surface area contributed by atoms with E-state index in [-0.39, 0.29) is 0 Å². The van der Waals surface area contributed by atoms with Gasteiger partial charge in [0.05, 0.1) is 4.90 Å². The van der Waals surface area contributed by atoms with Gasteiger partial charge < -0.3 is 0 Å². The molecule has 1 aromatic carbocycles. The van der Waals surface area contributed by atoms with E-state index in [1.54, 1.807) is 0 Å². The van der Waals surface area contributed by atoms with Crippen LogP contribution >= 0.6 is 0 Å². The fourth-order valence-electron chi connectivity index (χ4n) is 2.88. The van der Waals surface area contributed by atoms with Crippen LogP contribution in [0.15, 0.2) is 4.90 Å². The summed E-state index contributed by atoms with van der Waals surface area (Å²) in [6.45, 7) is 12.6. The lowest BCUT2D eigenvalue weighted by Gasteiger charge is -2.19. The highest BCUT2D eigenvalue weighted by molar-refractivity contribution is 7.89. The molecule has 0 saturated heterocycles. The largest absolute Gasteiger partial charge is 0.241 e. The van der Waals surface area contributed by atoms with E-state index < -0.39 is 10.0 Å². The number of benzene rings is 1. The van der Waals surface area contributed by atoms with Gasteiger partial charge in [0.25, 0.3) is 0 Å². The van der Waals surface area contributed by atoms with E-state index in [1.807, 2.05) is 27.7 Å². The molecule has 1 rings (SSSR count). The SMILES string of the molecule is CCCCCCCNS(=O)(=O)c1c(C)c(C)c(C)c(C)c1C. The van der Waals surface area contributed by atoms with Crippen LogP contribution in [0.25, 0.3) is 0 Å². The second-order valence-electron chi connectivity index (χ2n) is 6.27. The van der Waals surface area contributed by atoms with Crippen molar-refractivity contribution >= 4 is 10.0 Å². The van der Waals surface area contributed by atoms with Gasteiger partial charge in [-0.05, 0) is 68.9 Å². The van der Waals surface area contributed by atoms with E-state index in [1.165, 1.54) is 24.8 Å². The first-order valence-electron chi connectivity index (χ1n) is 8.30. The van der Waals surface area contributed by atoms with Gasteiger partial charge in [-0.3, -0.25) is 0 Å². The van der Waals surface area contributed by atoms with Crippen molar-refractivity contribution in [2.45, 2.75) is 78.5 Å². The molecule has 0 bridgehead atoms. The van der Waals surface area contributed by atoms with Crippen molar-refractivity contribution in [3.63, 3.8) is 0 Å². The van der Waals surface area contributed by atoms with Crippen LogP contribution in [0.4, 0.5) is 0 Å². The fraction of sp³-hybridized carbons (Fsp3) is 0.667. The molecule has 0 heterocycles. The minimum atomic E-state index is -3.43. The predicted molar refractivity (Wildman–Crippen MR) is 94.1 cm³/mol. The third-order valence-electron chi connectivity index (χ3n) is 4.77. The van der Waals surface area contributed by atoms with E-state index in [0.29, 0.717) is 11.4 Å². The quantitative estimate of drug-likeness (QED) is 0.716. The highest BCUT2D eigenvalue weighted by atomic mass is 32.2. The van der Waals surface area contributed by atoms with E-state index >= 15 is 0 Å². The van der Waals surface area contributed by atoms with Gasteiger partial charge in [0.1, 0.15) is 0 Å². The first-order valence-corrected chi connectivity index (χ1v) is 9.79. The van der Waals surface area contributed by atoms with Crippen molar-refractivity contribution < 1.29 is 8.42 Å². The minimum Gasteiger partial charge on any atom is -0.211 e. The number of sulfonamides is 1. The summed E-state index contributed by atoms with van der Waals surface area (Å²) < 4.78 is 28.1. The topological polar surface area (TPSA) is 46.2 Å². The molecule has 0 atom stereocenters. The van der Waals surface area contributed by atoms with Crippen molar-refractivity contribution in [1.29, 1.82) is 0 Å². The molecule has 0 amide bonds. The monoisotopic (exact) mass is 325 g/mol. The number of hydrogen-bond donors (Lipinski definition) is 1. The van der Waals surface area contributed by atoms with Crippen LogP contribution < -0.4 is 4.72 Å². The first-order chi connectivity index (χ1) is 10.2. The van der Waals surface area contributed by atoms with E-state index in [9.17, 15) is 8.42 Å². The molecule has 0 aliphatic rings. The molecule has 1 aromatic rings. The smallest absolute Gasteiger partial charge is 0.211 e. The Labute approximate surface area is 136 Å². The number of nitrogens with one attached hydrogen (secondary N) is 1. The summed E-state index contributed by atoms with van der Waals surface area (Å²) in [6.07, 6.45) is 5.59. The van der Waals surface area contributed by atoms with E-state index in [0.717, 1.165) is 35.1 Å². The standard InChI is InChI=1S/C18H31NO2S/c1-7-8-9-10-11-12-19-22(20,21)18-16(5)14(3)13(2)15(4)17(18)6/h19H,7-12H2,1-6H3. The van der Waals surface area contributed by atoms with E-state index in [2.05, 4.69) is 18.6 Å². The third-order valence-corrected chi connectivity index (χ3v) is 6.51. The molecule has 0 saturated carbocycles. The highest BCUT2D eigenvalue weighted by Gasteiger charge is 2.22. The van der Waals surface area contributed by atoms with Crippen LogP contribution in [0.5, 0.6) is 0 Å².